The Bertz CT molecular complexity index is 1500. The van der Waals surface area contributed by atoms with Crippen LogP contribution >= 0.6 is 0 Å². The van der Waals surface area contributed by atoms with Gasteiger partial charge in [0.25, 0.3) is 0 Å². The Balaban J connectivity index is 0.000000190. The van der Waals surface area contributed by atoms with Crippen molar-refractivity contribution in [3.63, 3.8) is 0 Å². The van der Waals surface area contributed by atoms with Gasteiger partial charge < -0.3 is 24.8 Å². The van der Waals surface area contributed by atoms with Gasteiger partial charge in [-0.15, -0.1) is 0 Å². The van der Waals surface area contributed by atoms with E-state index in [-0.39, 0.29) is 23.7 Å². The summed E-state index contributed by atoms with van der Waals surface area (Å²) >= 11 is 0. The molecule has 0 spiro atoms. The first kappa shape index (κ1) is 35.4. The van der Waals surface area contributed by atoms with E-state index in [9.17, 15) is 14.4 Å². The van der Waals surface area contributed by atoms with Crippen LogP contribution in [0.5, 0.6) is 11.5 Å². The highest BCUT2D eigenvalue weighted by molar-refractivity contribution is 5.91. The van der Waals surface area contributed by atoms with E-state index in [1.165, 1.54) is 30.9 Å². The third kappa shape index (κ3) is 12.5. The lowest BCUT2D eigenvalue weighted by Crippen LogP contribution is -2.20. The second kappa shape index (κ2) is 19.3. The quantitative estimate of drug-likeness (QED) is 0.151. The minimum atomic E-state index is -0.978. The number of carbonyl (C=O) groups is 3. The minimum Gasteiger partial charge on any atom is -0.490 e. The van der Waals surface area contributed by atoms with Gasteiger partial charge >= 0.3 is 17.9 Å². The molecule has 8 heteroatoms. The van der Waals surface area contributed by atoms with Gasteiger partial charge in [-0.2, -0.15) is 0 Å². The van der Waals surface area contributed by atoms with E-state index in [2.05, 4.69) is 6.92 Å². The first-order chi connectivity index (χ1) is 22.2. The molecule has 5 rings (SSSR count). The fourth-order valence-corrected chi connectivity index (χ4v) is 4.90. The summed E-state index contributed by atoms with van der Waals surface area (Å²) in [6.45, 7) is 2.42. The number of benzene rings is 4. The fourth-order valence-electron chi connectivity index (χ4n) is 4.90. The van der Waals surface area contributed by atoms with Crippen molar-refractivity contribution in [2.45, 2.75) is 70.5 Å². The molecule has 0 radical (unpaired) electrons. The first-order valence-corrected chi connectivity index (χ1v) is 15.5. The van der Waals surface area contributed by atoms with E-state index in [1.54, 1.807) is 36.4 Å². The van der Waals surface area contributed by atoms with Crippen LogP contribution in [-0.2, 0) is 11.4 Å². The summed E-state index contributed by atoms with van der Waals surface area (Å²) in [4.78, 5) is 32.3. The van der Waals surface area contributed by atoms with Gasteiger partial charge in [-0.1, -0.05) is 98.3 Å². The molecular weight excluding hydrogens is 584 g/mol. The van der Waals surface area contributed by atoms with Gasteiger partial charge in [-0.25, -0.2) is 9.59 Å². The van der Waals surface area contributed by atoms with Crippen molar-refractivity contribution in [2.24, 2.45) is 0 Å². The summed E-state index contributed by atoms with van der Waals surface area (Å²) in [6, 6.07) is 33.1. The second-order valence-electron chi connectivity index (χ2n) is 11.0. The number of carboxylic acid groups (broad SMARTS) is 3. The maximum atomic E-state index is 11.0. The van der Waals surface area contributed by atoms with E-state index in [4.69, 9.17) is 24.8 Å². The molecule has 0 heterocycles. The van der Waals surface area contributed by atoms with Crippen molar-refractivity contribution < 1.29 is 39.2 Å². The van der Waals surface area contributed by atoms with Gasteiger partial charge in [-0.3, -0.25) is 4.79 Å². The molecule has 46 heavy (non-hydrogen) atoms. The zero-order valence-corrected chi connectivity index (χ0v) is 26.1. The number of aromatic carboxylic acids is 2. The number of ether oxygens (including phenoxy) is 2. The molecule has 4 aromatic carbocycles. The lowest BCUT2D eigenvalue weighted by atomic mass is 9.96. The zero-order valence-electron chi connectivity index (χ0n) is 26.1. The summed E-state index contributed by atoms with van der Waals surface area (Å²) in [7, 11) is 0. The van der Waals surface area contributed by atoms with E-state index >= 15 is 0 Å². The molecule has 1 unspecified atom stereocenters. The van der Waals surface area contributed by atoms with Crippen LogP contribution in [0.3, 0.4) is 0 Å². The number of aliphatic carboxylic acids is 1. The van der Waals surface area contributed by atoms with Gasteiger partial charge in [0.05, 0.1) is 6.10 Å². The van der Waals surface area contributed by atoms with E-state index in [0.29, 0.717) is 30.4 Å². The lowest BCUT2D eigenvalue weighted by molar-refractivity contribution is -0.137. The lowest BCUT2D eigenvalue weighted by Gasteiger charge is -2.23. The number of hydrogen-bond acceptors (Lipinski definition) is 5. The van der Waals surface area contributed by atoms with Gasteiger partial charge in [0.15, 0.2) is 0 Å². The maximum absolute atomic E-state index is 11.0. The van der Waals surface area contributed by atoms with Crippen LogP contribution in [0.15, 0.2) is 109 Å². The van der Waals surface area contributed by atoms with Gasteiger partial charge in [0.1, 0.15) is 29.2 Å². The van der Waals surface area contributed by atoms with Crippen molar-refractivity contribution >= 4 is 17.9 Å². The van der Waals surface area contributed by atoms with Crippen LogP contribution in [0.4, 0.5) is 0 Å². The van der Waals surface area contributed by atoms with Gasteiger partial charge in [0, 0.05) is 6.42 Å². The number of hydrogen-bond donors (Lipinski definition) is 3. The molecule has 1 fully saturated rings. The Kier molecular flexibility index (Phi) is 14.9. The highest BCUT2D eigenvalue weighted by Crippen LogP contribution is 2.26. The topological polar surface area (TPSA) is 130 Å². The maximum Gasteiger partial charge on any atom is 0.339 e. The Morgan fingerprint density at radius 3 is 1.74 bits per heavy atom. The van der Waals surface area contributed by atoms with Crippen molar-refractivity contribution in [3.8, 4) is 11.5 Å². The van der Waals surface area contributed by atoms with Crippen molar-refractivity contribution in [1.29, 1.82) is 0 Å². The number of rotatable bonds is 11. The van der Waals surface area contributed by atoms with Crippen molar-refractivity contribution in [3.05, 3.63) is 131 Å². The Morgan fingerprint density at radius 2 is 1.17 bits per heavy atom. The molecule has 1 aliphatic carbocycles. The predicted molar refractivity (Wildman–Crippen MR) is 177 cm³/mol. The minimum absolute atomic E-state index is 0.184. The third-order valence-electron chi connectivity index (χ3n) is 7.48. The van der Waals surface area contributed by atoms with Crippen LogP contribution in [-0.4, -0.2) is 39.3 Å². The Hall–Kier alpha value is -5.11. The molecule has 0 aliphatic heterocycles. The molecular formula is C38H42O8. The summed E-state index contributed by atoms with van der Waals surface area (Å²) in [5, 5.41) is 26.5. The molecule has 0 bridgehead atoms. The molecule has 8 nitrogen and oxygen atoms in total. The SMILES string of the molecule is CC(CCC(=O)O)c1ccccc1.O=C(O)c1ccccc1OC1CCCCC1.O=C(O)c1ccccc1OCc1ccccc1. The predicted octanol–water partition coefficient (Wildman–Crippen LogP) is 8.72. The first-order valence-electron chi connectivity index (χ1n) is 15.5. The molecule has 242 valence electrons. The highest BCUT2D eigenvalue weighted by atomic mass is 16.5. The molecule has 0 amide bonds. The number of para-hydroxylation sites is 2. The molecule has 1 atom stereocenters. The zero-order chi connectivity index (χ0) is 33.1. The van der Waals surface area contributed by atoms with Crippen LogP contribution in [0.25, 0.3) is 0 Å². The molecule has 4 aromatic rings. The van der Waals surface area contributed by atoms with Gasteiger partial charge in [-0.05, 0) is 73.4 Å². The molecule has 0 aromatic heterocycles. The highest BCUT2D eigenvalue weighted by Gasteiger charge is 2.18. The monoisotopic (exact) mass is 626 g/mol. The largest absolute Gasteiger partial charge is 0.490 e. The Labute approximate surface area is 270 Å². The van der Waals surface area contributed by atoms with Crippen molar-refractivity contribution in [2.75, 3.05) is 0 Å². The molecule has 0 saturated heterocycles. The number of carboxylic acids is 3. The van der Waals surface area contributed by atoms with Crippen LogP contribution in [0, 0.1) is 0 Å². The summed E-state index contributed by atoms with van der Waals surface area (Å²) in [5.74, 6) is -1.40. The van der Waals surface area contributed by atoms with Crippen LogP contribution in [0.2, 0.25) is 0 Å². The van der Waals surface area contributed by atoms with E-state index in [0.717, 1.165) is 18.4 Å². The summed E-state index contributed by atoms with van der Waals surface area (Å²) in [5.41, 5.74) is 2.66. The summed E-state index contributed by atoms with van der Waals surface area (Å²) < 4.78 is 11.3. The fraction of sp³-hybridized carbons (Fsp3) is 0.289. The normalized spacial score (nSPS) is 13.1. The average molecular weight is 627 g/mol. The molecule has 3 N–H and O–H groups in total. The van der Waals surface area contributed by atoms with E-state index < -0.39 is 17.9 Å². The standard InChI is InChI=1S/C14H12O3.C13H16O3.C11H14O2/c15-14(16)12-8-4-5-9-13(12)17-10-11-6-2-1-3-7-11;14-13(15)11-8-4-5-9-12(11)16-10-6-2-1-3-7-10;1-9(7-8-11(12)13)10-5-3-2-4-6-10/h1-9H,10H2,(H,15,16);4-5,8-10H,1-3,6-7H2,(H,14,15);2-6,9H,7-8H2,1H3,(H,12,13). The van der Waals surface area contributed by atoms with Gasteiger partial charge in [0.2, 0.25) is 0 Å². The second-order valence-corrected chi connectivity index (χ2v) is 11.0. The smallest absolute Gasteiger partial charge is 0.339 e. The summed E-state index contributed by atoms with van der Waals surface area (Å²) in [6.07, 6.45) is 6.84. The van der Waals surface area contributed by atoms with Crippen LogP contribution < -0.4 is 9.47 Å². The molecule has 1 saturated carbocycles. The van der Waals surface area contributed by atoms with Crippen LogP contribution in [0.1, 0.15) is 89.6 Å². The van der Waals surface area contributed by atoms with Crippen molar-refractivity contribution in [1.82, 2.24) is 0 Å². The average Bonchev–Trinajstić information content (AvgIpc) is 3.08. The third-order valence-corrected chi connectivity index (χ3v) is 7.48. The van der Waals surface area contributed by atoms with E-state index in [1.807, 2.05) is 66.7 Å². The Morgan fingerprint density at radius 1 is 0.674 bits per heavy atom. The molecule has 1 aliphatic rings.